The minimum atomic E-state index is -0.378. The average molecular weight is 345 g/mol. The Morgan fingerprint density at radius 1 is 1.09 bits per heavy atom. The highest BCUT2D eigenvalue weighted by atomic mass is 35.5. The Balaban J connectivity index is 0.00000192. The van der Waals surface area contributed by atoms with Crippen molar-refractivity contribution in [2.75, 3.05) is 26.2 Å². The van der Waals surface area contributed by atoms with Gasteiger partial charge in [-0.25, -0.2) is 8.78 Å². The van der Waals surface area contributed by atoms with Gasteiger partial charge in [-0.3, -0.25) is 4.90 Å². The maximum Gasteiger partial charge on any atom is 0.133 e. The molecule has 2 fully saturated rings. The van der Waals surface area contributed by atoms with Gasteiger partial charge in [-0.15, -0.1) is 12.4 Å². The second-order valence-electron chi connectivity index (χ2n) is 6.72. The summed E-state index contributed by atoms with van der Waals surface area (Å²) in [6.45, 7) is 5.27. The van der Waals surface area contributed by atoms with Gasteiger partial charge < -0.3 is 5.32 Å². The maximum absolute atomic E-state index is 14.7. The molecule has 1 aliphatic carbocycles. The van der Waals surface area contributed by atoms with Crippen molar-refractivity contribution in [1.29, 1.82) is 0 Å². The second kappa shape index (κ2) is 8.41. The van der Waals surface area contributed by atoms with Gasteiger partial charge in [-0.2, -0.15) is 0 Å². The molecule has 1 aromatic carbocycles. The van der Waals surface area contributed by atoms with Crippen LogP contribution in [0.4, 0.5) is 8.78 Å². The van der Waals surface area contributed by atoms with Crippen molar-refractivity contribution in [1.82, 2.24) is 10.2 Å². The van der Waals surface area contributed by atoms with E-state index in [1.165, 1.54) is 25.3 Å². The monoisotopic (exact) mass is 344 g/mol. The Labute approximate surface area is 144 Å². The lowest BCUT2D eigenvalue weighted by molar-refractivity contribution is 0.0975. The Morgan fingerprint density at radius 3 is 2.39 bits per heavy atom. The molecule has 1 atom stereocenters. The predicted octanol–water partition coefficient (Wildman–Crippen LogP) is 4.22. The van der Waals surface area contributed by atoms with Crippen LogP contribution in [0.2, 0.25) is 0 Å². The van der Waals surface area contributed by atoms with Gasteiger partial charge in [0.2, 0.25) is 0 Å². The number of halogens is 3. The van der Waals surface area contributed by atoms with Gasteiger partial charge in [-0.05, 0) is 37.3 Å². The lowest BCUT2D eigenvalue weighted by Crippen LogP contribution is -2.47. The molecule has 1 saturated heterocycles. The number of hydrogen-bond donors (Lipinski definition) is 1. The fourth-order valence-electron chi connectivity index (χ4n) is 4.08. The van der Waals surface area contributed by atoms with Crippen LogP contribution in [0.3, 0.4) is 0 Å². The van der Waals surface area contributed by atoms with Crippen LogP contribution in [0.15, 0.2) is 12.1 Å². The molecule has 0 radical (unpaired) electrons. The summed E-state index contributed by atoms with van der Waals surface area (Å²) in [5.74, 6) is -0.344. The zero-order valence-electron chi connectivity index (χ0n) is 13.8. The molecule has 2 aliphatic rings. The highest BCUT2D eigenvalue weighted by Crippen LogP contribution is 2.40. The summed E-state index contributed by atoms with van der Waals surface area (Å²) in [4.78, 5) is 2.30. The van der Waals surface area contributed by atoms with Crippen LogP contribution >= 0.6 is 12.4 Å². The number of piperazine rings is 1. The van der Waals surface area contributed by atoms with E-state index in [-0.39, 0.29) is 30.1 Å². The summed E-state index contributed by atoms with van der Waals surface area (Å²) in [6, 6.07) is 2.87. The van der Waals surface area contributed by atoms with E-state index < -0.39 is 0 Å². The Kier molecular flexibility index (Phi) is 6.81. The van der Waals surface area contributed by atoms with Gasteiger partial charge in [0, 0.05) is 37.8 Å². The fraction of sp³-hybridized carbons (Fsp3) is 0.667. The lowest BCUT2D eigenvalue weighted by atomic mass is 9.79. The molecule has 1 aromatic rings. The minimum absolute atomic E-state index is 0. The Morgan fingerprint density at radius 2 is 1.74 bits per heavy atom. The number of hydrogen-bond acceptors (Lipinski definition) is 2. The summed E-state index contributed by atoms with van der Waals surface area (Å²) < 4.78 is 29.2. The molecule has 0 amide bonds. The highest BCUT2D eigenvalue weighted by molar-refractivity contribution is 5.85. The zero-order chi connectivity index (χ0) is 15.5. The van der Waals surface area contributed by atoms with E-state index in [0.717, 1.165) is 39.0 Å². The third kappa shape index (κ3) is 4.04. The summed E-state index contributed by atoms with van der Waals surface area (Å²) in [5, 5.41) is 3.34. The van der Waals surface area contributed by atoms with E-state index in [2.05, 4.69) is 10.2 Å². The van der Waals surface area contributed by atoms with Crippen LogP contribution in [-0.2, 0) is 0 Å². The molecule has 1 saturated carbocycles. The number of benzene rings is 1. The molecule has 1 heterocycles. The van der Waals surface area contributed by atoms with Crippen LogP contribution in [0.25, 0.3) is 0 Å². The van der Waals surface area contributed by atoms with Crippen LogP contribution in [0, 0.1) is 24.5 Å². The first-order chi connectivity index (χ1) is 10.7. The van der Waals surface area contributed by atoms with Crippen molar-refractivity contribution in [2.45, 2.75) is 45.1 Å². The Bertz CT molecular complexity index is 494. The standard InChI is InChI=1S/C18H26F2N2.ClH/c1-13-7-8-15(19)16(17(13)20)18(14-5-3-2-4-6-14)22-11-9-21-10-12-22;/h7-8,14,18,21H,2-6,9-12H2,1H3;1H/t18-;/m0./s1. The van der Waals surface area contributed by atoms with Crippen LogP contribution in [-0.4, -0.2) is 31.1 Å². The van der Waals surface area contributed by atoms with Crippen molar-refractivity contribution in [3.05, 3.63) is 34.9 Å². The Hall–Kier alpha value is -0.710. The van der Waals surface area contributed by atoms with Crippen LogP contribution in [0.1, 0.15) is 49.3 Å². The molecule has 2 nitrogen and oxygen atoms in total. The highest BCUT2D eigenvalue weighted by Gasteiger charge is 2.34. The molecule has 23 heavy (non-hydrogen) atoms. The predicted molar refractivity (Wildman–Crippen MR) is 92.1 cm³/mol. The normalized spacial score (nSPS) is 21.7. The molecule has 0 spiro atoms. The summed E-state index contributed by atoms with van der Waals surface area (Å²) in [7, 11) is 0. The van der Waals surface area contributed by atoms with Crippen molar-refractivity contribution in [2.24, 2.45) is 5.92 Å². The number of nitrogens with zero attached hydrogens (tertiary/aromatic N) is 1. The SMILES string of the molecule is Cc1ccc(F)c([C@H](C2CCCCC2)N2CCNCC2)c1F.Cl. The molecule has 0 unspecified atom stereocenters. The smallest absolute Gasteiger partial charge is 0.133 e. The lowest BCUT2D eigenvalue weighted by Gasteiger charge is -2.41. The third-order valence-electron chi connectivity index (χ3n) is 5.26. The summed E-state index contributed by atoms with van der Waals surface area (Å²) in [6.07, 6.45) is 5.79. The zero-order valence-corrected chi connectivity index (χ0v) is 14.6. The summed E-state index contributed by atoms with van der Waals surface area (Å²) in [5.41, 5.74) is 0.862. The van der Waals surface area contributed by atoms with E-state index >= 15 is 0 Å². The number of aryl methyl sites for hydroxylation is 1. The molecule has 0 bridgehead atoms. The first kappa shape index (κ1) is 18.6. The van der Waals surface area contributed by atoms with E-state index in [9.17, 15) is 8.78 Å². The van der Waals surface area contributed by atoms with Gasteiger partial charge in [-0.1, -0.05) is 25.3 Å². The average Bonchev–Trinajstić information content (AvgIpc) is 2.57. The fourth-order valence-corrected chi connectivity index (χ4v) is 4.08. The van der Waals surface area contributed by atoms with Gasteiger partial charge >= 0.3 is 0 Å². The molecule has 1 N–H and O–H groups in total. The van der Waals surface area contributed by atoms with Gasteiger partial charge in [0.25, 0.3) is 0 Å². The van der Waals surface area contributed by atoms with E-state index in [0.29, 0.717) is 17.0 Å². The molecule has 3 rings (SSSR count). The van der Waals surface area contributed by atoms with Crippen molar-refractivity contribution in [3.8, 4) is 0 Å². The maximum atomic E-state index is 14.7. The second-order valence-corrected chi connectivity index (χ2v) is 6.72. The largest absolute Gasteiger partial charge is 0.314 e. The molecule has 5 heteroatoms. The van der Waals surface area contributed by atoms with Gasteiger partial charge in [0.15, 0.2) is 0 Å². The molecule has 0 aromatic heterocycles. The van der Waals surface area contributed by atoms with Crippen molar-refractivity contribution < 1.29 is 8.78 Å². The van der Waals surface area contributed by atoms with E-state index in [1.807, 2.05) is 0 Å². The van der Waals surface area contributed by atoms with E-state index in [1.54, 1.807) is 13.0 Å². The van der Waals surface area contributed by atoms with Gasteiger partial charge in [0.05, 0.1) is 0 Å². The quantitative estimate of drug-likeness (QED) is 0.883. The minimum Gasteiger partial charge on any atom is -0.314 e. The van der Waals surface area contributed by atoms with E-state index in [4.69, 9.17) is 0 Å². The number of nitrogens with one attached hydrogen (secondary N) is 1. The van der Waals surface area contributed by atoms with Crippen molar-refractivity contribution in [3.63, 3.8) is 0 Å². The first-order valence-electron chi connectivity index (χ1n) is 8.57. The van der Waals surface area contributed by atoms with Crippen LogP contribution in [0.5, 0.6) is 0 Å². The first-order valence-corrected chi connectivity index (χ1v) is 8.57. The molecule has 1 aliphatic heterocycles. The molecular formula is C18H27ClF2N2. The number of rotatable bonds is 3. The topological polar surface area (TPSA) is 15.3 Å². The third-order valence-corrected chi connectivity index (χ3v) is 5.26. The van der Waals surface area contributed by atoms with Gasteiger partial charge in [0.1, 0.15) is 11.6 Å². The van der Waals surface area contributed by atoms with Crippen molar-refractivity contribution >= 4 is 12.4 Å². The molecular weight excluding hydrogens is 318 g/mol. The summed E-state index contributed by atoms with van der Waals surface area (Å²) >= 11 is 0. The molecule has 130 valence electrons. The van der Waals surface area contributed by atoms with Crippen LogP contribution < -0.4 is 5.32 Å².